The van der Waals surface area contributed by atoms with Gasteiger partial charge in [0.25, 0.3) is 5.89 Å². The van der Waals surface area contributed by atoms with Crippen molar-refractivity contribution in [3.63, 3.8) is 0 Å². The highest BCUT2D eigenvalue weighted by Crippen LogP contribution is 2.52. The van der Waals surface area contributed by atoms with Crippen LogP contribution in [0.4, 0.5) is 4.39 Å². The fourth-order valence-electron chi connectivity index (χ4n) is 3.00. The minimum atomic E-state index is -1.08. The second kappa shape index (κ2) is 6.77. The van der Waals surface area contributed by atoms with Gasteiger partial charge >= 0.3 is 5.97 Å². The fraction of sp³-hybridized carbons (Fsp3) is 0.211. The highest BCUT2D eigenvalue weighted by Gasteiger charge is 2.50. The highest BCUT2D eigenvalue weighted by atomic mass is 79.9. The van der Waals surface area contributed by atoms with Crippen molar-refractivity contribution in [3.05, 3.63) is 64.1 Å². The predicted molar refractivity (Wildman–Crippen MR) is 97.0 cm³/mol. The third-order valence-corrected chi connectivity index (χ3v) is 5.02. The summed E-state index contributed by atoms with van der Waals surface area (Å²) in [5, 5.41) is 13.0. The Kier molecular flexibility index (Phi) is 4.43. The van der Waals surface area contributed by atoms with Gasteiger partial charge in [-0.1, -0.05) is 33.2 Å². The van der Waals surface area contributed by atoms with Gasteiger partial charge in [-0.3, -0.25) is 0 Å². The van der Waals surface area contributed by atoms with Crippen LogP contribution in [-0.4, -0.2) is 27.8 Å². The van der Waals surface area contributed by atoms with Crippen molar-refractivity contribution in [3.8, 4) is 17.2 Å². The summed E-state index contributed by atoms with van der Waals surface area (Å²) in [4.78, 5) is 15.3. The van der Waals surface area contributed by atoms with Crippen LogP contribution in [0.1, 0.15) is 24.2 Å². The summed E-state index contributed by atoms with van der Waals surface area (Å²) in [6, 6.07) is 11.4. The number of ether oxygens (including phenoxy) is 1. The maximum Gasteiger partial charge on any atom is 0.341 e. The molecule has 138 valence electrons. The lowest BCUT2D eigenvalue weighted by Crippen LogP contribution is -2.11. The number of carbonyl (C=O) groups is 1. The van der Waals surface area contributed by atoms with Gasteiger partial charge in [0.15, 0.2) is 12.4 Å². The standard InChI is InChI=1S/C19H14BrFN2O4/c20-12-3-6-15(26-10-16(24)25)14(9-12)17-22-18(23-27-17)19(7-8-19)11-1-4-13(21)5-2-11/h1-6,9H,7-8,10H2,(H,24,25). The third kappa shape index (κ3) is 3.44. The minimum absolute atomic E-state index is 0.236. The first-order chi connectivity index (χ1) is 13.0. The van der Waals surface area contributed by atoms with Crippen molar-refractivity contribution < 1.29 is 23.6 Å². The Balaban J connectivity index is 1.68. The lowest BCUT2D eigenvalue weighted by Gasteiger charge is -2.10. The number of carboxylic acid groups (broad SMARTS) is 1. The van der Waals surface area contributed by atoms with Crippen molar-refractivity contribution in [2.24, 2.45) is 0 Å². The van der Waals surface area contributed by atoms with Gasteiger partial charge in [-0.25, -0.2) is 9.18 Å². The highest BCUT2D eigenvalue weighted by molar-refractivity contribution is 9.10. The van der Waals surface area contributed by atoms with E-state index in [1.807, 2.05) is 0 Å². The monoisotopic (exact) mass is 432 g/mol. The molecule has 0 radical (unpaired) electrons. The van der Waals surface area contributed by atoms with Crippen LogP contribution in [-0.2, 0) is 10.2 Å². The van der Waals surface area contributed by atoms with Crippen LogP contribution in [0, 0.1) is 5.82 Å². The zero-order valence-electron chi connectivity index (χ0n) is 14.0. The number of aliphatic carboxylic acids is 1. The van der Waals surface area contributed by atoms with Gasteiger partial charge in [0.2, 0.25) is 0 Å². The van der Waals surface area contributed by atoms with E-state index in [0.29, 0.717) is 17.1 Å². The molecule has 4 rings (SSSR count). The zero-order chi connectivity index (χ0) is 19.0. The van der Waals surface area contributed by atoms with E-state index < -0.39 is 12.6 Å². The van der Waals surface area contributed by atoms with E-state index in [-0.39, 0.29) is 17.1 Å². The quantitative estimate of drug-likeness (QED) is 0.628. The Hall–Kier alpha value is -2.74. The van der Waals surface area contributed by atoms with Gasteiger partial charge in [-0.15, -0.1) is 0 Å². The molecule has 0 saturated heterocycles. The summed E-state index contributed by atoms with van der Waals surface area (Å²) >= 11 is 3.38. The van der Waals surface area contributed by atoms with Crippen LogP contribution < -0.4 is 4.74 Å². The molecule has 0 spiro atoms. The first-order valence-corrected chi connectivity index (χ1v) is 9.02. The molecule has 1 aromatic heterocycles. The zero-order valence-corrected chi connectivity index (χ0v) is 15.6. The molecule has 0 aliphatic heterocycles. The smallest absolute Gasteiger partial charge is 0.341 e. The summed E-state index contributed by atoms with van der Waals surface area (Å²) in [5.41, 5.74) is 1.07. The Bertz CT molecular complexity index is 999. The molecule has 1 aliphatic rings. The van der Waals surface area contributed by atoms with Crippen LogP contribution in [0.3, 0.4) is 0 Å². The summed E-state index contributed by atoms with van der Waals surface area (Å²) in [7, 11) is 0. The largest absolute Gasteiger partial charge is 0.481 e. The van der Waals surface area contributed by atoms with Crippen LogP contribution in [0.5, 0.6) is 5.75 Å². The number of rotatable bonds is 6. The van der Waals surface area contributed by atoms with Crippen LogP contribution in [0.15, 0.2) is 51.5 Å². The van der Waals surface area contributed by atoms with Crippen LogP contribution in [0.2, 0.25) is 0 Å². The Morgan fingerprint density at radius 1 is 1.26 bits per heavy atom. The summed E-state index contributed by atoms with van der Waals surface area (Å²) in [5.74, 6) is -0.281. The molecule has 1 saturated carbocycles. The molecule has 6 nitrogen and oxygen atoms in total. The van der Waals surface area contributed by atoms with Gasteiger partial charge in [0.1, 0.15) is 11.6 Å². The van der Waals surface area contributed by atoms with Crippen molar-refractivity contribution in [2.45, 2.75) is 18.3 Å². The average Bonchev–Trinajstić information content (AvgIpc) is 3.30. The number of nitrogens with zero attached hydrogens (tertiary/aromatic N) is 2. The van der Waals surface area contributed by atoms with Crippen molar-refractivity contribution in [2.75, 3.05) is 6.61 Å². The molecule has 0 atom stereocenters. The third-order valence-electron chi connectivity index (χ3n) is 4.52. The molecule has 27 heavy (non-hydrogen) atoms. The summed E-state index contributed by atoms with van der Waals surface area (Å²) < 4.78 is 24.8. The molecule has 1 fully saturated rings. The number of benzene rings is 2. The maximum atomic E-state index is 13.2. The minimum Gasteiger partial charge on any atom is -0.481 e. The number of hydrogen-bond donors (Lipinski definition) is 1. The van der Waals surface area contributed by atoms with Gasteiger partial charge in [0.05, 0.1) is 11.0 Å². The topological polar surface area (TPSA) is 85.5 Å². The van der Waals surface area contributed by atoms with Crippen LogP contribution in [0.25, 0.3) is 11.5 Å². The van der Waals surface area contributed by atoms with Crippen molar-refractivity contribution in [1.82, 2.24) is 10.1 Å². The van der Waals surface area contributed by atoms with Gasteiger partial charge in [-0.05, 0) is 48.7 Å². The predicted octanol–water partition coefficient (Wildman–Crippen LogP) is 4.18. The molecule has 0 bridgehead atoms. The fourth-order valence-corrected chi connectivity index (χ4v) is 3.36. The van der Waals surface area contributed by atoms with Crippen molar-refractivity contribution in [1.29, 1.82) is 0 Å². The molecule has 8 heteroatoms. The summed E-state index contributed by atoms with van der Waals surface area (Å²) in [6.45, 7) is -0.477. The lowest BCUT2D eigenvalue weighted by atomic mass is 9.95. The normalized spacial score (nSPS) is 14.7. The van der Waals surface area contributed by atoms with E-state index in [0.717, 1.165) is 22.9 Å². The SMILES string of the molecule is O=C(O)COc1ccc(Br)cc1-c1nc(C2(c3ccc(F)cc3)CC2)no1. The van der Waals surface area contributed by atoms with E-state index in [1.54, 1.807) is 30.3 Å². The molecule has 1 heterocycles. The maximum absolute atomic E-state index is 13.2. The number of carboxylic acids is 1. The molecule has 0 unspecified atom stereocenters. The first kappa shape index (κ1) is 17.7. The van der Waals surface area contributed by atoms with Gasteiger partial charge < -0.3 is 14.4 Å². The molecule has 0 amide bonds. The van der Waals surface area contributed by atoms with E-state index >= 15 is 0 Å². The van der Waals surface area contributed by atoms with E-state index in [9.17, 15) is 9.18 Å². The van der Waals surface area contributed by atoms with E-state index in [2.05, 4.69) is 26.1 Å². The first-order valence-electron chi connectivity index (χ1n) is 8.23. The Morgan fingerprint density at radius 2 is 2.00 bits per heavy atom. The molecular formula is C19H14BrFN2O4. The van der Waals surface area contributed by atoms with Crippen LogP contribution >= 0.6 is 15.9 Å². The average molecular weight is 433 g/mol. The Labute approximate surface area is 162 Å². The lowest BCUT2D eigenvalue weighted by molar-refractivity contribution is -0.139. The van der Waals surface area contributed by atoms with E-state index in [1.165, 1.54) is 12.1 Å². The van der Waals surface area contributed by atoms with Crippen molar-refractivity contribution >= 4 is 21.9 Å². The Morgan fingerprint density at radius 3 is 2.67 bits per heavy atom. The molecule has 1 aliphatic carbocycles. The number of aromatic nitrogens is 2. The molecule has 2 aromatic carbocycles. The second-order valence-corrected chi connectivity index (χ2v) is 7.25. The van der Waals surface area contributed by atoms with E-state index in [4.69, 9.17) is 14.4 Å². The molecule has 3 aromatic rings. The van der Waals surface area contributed by atoms with Gasteiger partial charge in [-0.2, -0.15) is 4.98 Å². The molecular weight excluding hydrogens is 419 g/mol. The van der Waals surface area contributed by atoms with Gasteiger partial charge in [0, 0.05) is 4.47 Å². The second-order valence-electron chi connectivity index (χ2n) is 6.34. The molecule has 1 N–H and O–H groups in total. The number of halogens is 2. The summed E-state index contributed by atoms with van der Waals surface area (Å²) in [6.07, 6.45) is 1.69. The number of hydrogen-bond acceptors (Lipinski definition) is 5.